The van der Waals surface area contributed by atoms with Gasteiger partial charge in [0.2, 0.25) is 0 Å². The monoisotopic (exact) mass is 590 g/mol. The number of para-hydroxylation sites is 3. The minimum absolute atomic E-state index is 0.0414. The minimum Gasteiger partial charge on any atom is -0.478 e. The summed E-state index contributed by atoms with van der Waals surface area (Å²) >= 11 is 8.02. The van der Waals surface area contributed by atoms with Crippen LogP contribution in [0.3, 0.4) is 0 Å². The van der Waals surface area contributed by atoms with Gasteiger partial charge in [0.25, 0.3) is 5.54 Å². The van der Waals surface area contributed by atoms with Crippen LogP contribution in [0.2, 0.25) is 5.02 Å². The summed E-state index contributed by atoms with van der Waals surface area (Å²) < 4.78 is 6.74. The van der Waals surface area contributed by atoms with E-state index in [1.54, 1.807) is 23.9 Å². The van der Waals surface area contributed by atoms with Gasteiger partial charge in [0.05, 0.1) is 34.4 Å². The second-order valence-corrected chi connectivity index (χ2v) is 12.8. The Kier molecular flexibility index (Phi) is 5.00. The number of hydrogen-bond acceptors (Lipinski definition) is 7. The number of ether oxygens (including phenoxy) is 1. The molecule has 9 rings (SSSR count). The predicted octanol–water partition coefficient (Wildman–Crippen LogP) is 6.83. The maximum Gasteiger partial charge on any atom is 0.287 e. The third kappa shape index (κ3) is 2.83. The molecule has 5 aromatic rings. The van der Waals surface area contributed by atoms with E-state index in [0.717, 1.165) is 44.7 Å². The number of hydrogen-bond donors (Lipinski definition) is 0. The number of rotatable bonds is 2. The van der Waals surface area contributed by atoms with Crippen LogP contribution in [0.5, 0.6) is 5.75 Å². The second kappa shape index (κ2) is 8.53. The van der Waals surface area contributed by atoms with E-state index in [9.17, 15) is 10.1 Å². The first kappa shape index (κ1) is 24.6. The molecule has 5 atom stereocenters. The van der Waals surface area contributed by atoms with Crippen molar-refractivity contribution < 1.29 is 9.66 Å². The van der Waals surface area contributed by atoms with Crippen LogP contribution in [0.1, 0.15) is 34.4 Å². The molecular formula is C33H23ClN4O3S. The van der Waals surface area contributed by atoms with E-state index in [1.807, 2.05) is 72.8 Å². The molecule has 0 saturated carbocycles. The highest BCUT2D eigenvalue weighted by Crippen LogP contribution is 2.72. The smallest absolute Gasteiger partial charge is 0.287 e. The molecule has 2 saturated heterocycles. The number of thioether (sulfide) groups is 1. The largest absolute Gasteiger partial charge is 0.478 e. The standard InChI is InChI=1S/C33H23ClN4O3S/c34-20-15-13-19(14-16-20)31-33(38(39)40)27-17-42-18-37(27)32(29(33)22-8-2-6-12-26(22)41-31)23-9-3-1-7-21(23)28-30(32)36-25-11-5-4-10-24(25)35-28/h1-16,27,29,31H,17-18H2/t27-,29+,31+,32+,33+/m1/s1. The first-order valence-corrected chi connectivity index (χ1v) is 15.5. The van der Waals surface area contributed by atoms with E-state index in [2.05, 4.69) is 17.0 Å². The average Bonchev–Trinajstić information content (AvgIpc) is 3.68. The lowest BCUT2D eigenvalue weighted by molar-refractivity contribution is -0.590. The molecule has 0 radical (unpaired) electrons. The van der Waals surface area contributed by atoms with Crippen LogP contribution in [0.4, 0.5) is 0 Å². The van der Waals surface area contributed by atoms with Crippen molar-refractivity contribution >= 4 is 34.4 Å². The van der Waals surface area contributed by atoms with Gasteiger partial charge in [-0.15, -0.1) is 11.8 Å². The van der Waals surface area contributed by atoms with Crippen molar-refractivity contribution in [3.05, 3.63) is 135 Å². The SMILES string of the molecule is O=[N+]([O-])[C@]12[C@H](c3ccc(Cl)cc3)Oc3ccccc3[C@H]1[C@]1(c3ccccc3-c3nc4ccccc4nc31)N1CSC[C@@H]12. The Hall–Kier alpha value is -3.98. The summed E-state index contributed by atoms with van der Waals surface area (Å²) in [5.74, 6) is 1.30. The molecule has 4 heterocycles. The summed E-state index contributed by atoms with van der Waals surface area (Å²) in [5, 5.41) is 14.5. The Balaban J connectivity index is 1.45. The van der Waals surface area contributed by atoms with Gasteiger partial charge in [-0.2, -0.15) is 0 Å². The van der Waals surface area contributed by atoms with E-state index in [1.165, 1.54) is 0 Å². The Bertz CT molecular complexity index is 1950. The molecule has 4 aromatic carbocycles. The normalized spacial score (nSPS) is 28.5. The first-order chi connectivity index (χ1) is 20.6. The minimum atomic E-state index is -1.52. The molecule has 0 amide bonds. The zero-order valence-corrected chi connectivity index (χ0v) is 23.8. The molecule has 1 aromatic heterocycles. The molecule has 206 valence electrons. The molecule has 0 unspecified atom stereocenters. The maximum atomic E-state index is 14.0. The highest BCUT2D eigenvalue weighted by Gasteiger charge is 2.82. The Morgan fingerprint density at radius 2 is 1.64 bits per heavy atom. The molecular weight excluding hydrogens is 568 g/mol. The van der Waals surface area contributed by atoms with Crippen LogP contribution in [0.15, 0.2) is 97.1 Å². The fourth-order valence-electron chi connectivity index (χ4n) is 8.20. The lowest BCUT2D eigenvalue weighted by atomic mass is 9.63. The van der Waals surface area contributed by atoms with E-state index in [0.29, 0.717) is 22.4 Å². The van der Waals surface area contributed by atoms with E-state index < -0.39 is 29.1 Å². The molecule has 7 nitrogen and oxygen atoms in total. The first-order valence-electron chi connectivity index (χ1n) is 13.9. The van der Waals surface area contributed by atoms with Gasteiger partial charge in [-0.25, -0.2) is 9.97 Å². The van der Waals surface area contributed by atoms with Gasteiger partial charge in [-0.1, -0.05) is 78.3 Å². The predicted molar refractivity (Wildman–Crippen MR) is 162 cm³/mol. The topological polar surface area (TPSA) is 81.4 Å². The molecule has 4 aliphatic rings. The van der Waals surface area contributed by atoms with Crippen molar-refractivity contribution in [1.82, 2.24) is 14.9 Å². The van der Waals surface area contributed by atoms with Crippen molar-refractivity contribution in [3.63, 3.8) is 0 Å². The number of aromatic nitrogens is 2. The van der Waals surface area contributed by atoms with Crippen LogP contribution < -0.4 is 4.74 Å². The summed E-state index contributed by atoms with van der Waals surface area (Å²) in [4.78, 5) is 26.8. The van der Waals surface area contributed by atoms with Gasteiger partial charge < -0.3 is 4.74 Å². The number of benzene rings is 4. The zero-order valence-electron chi connectivity index (χ0n) is 22.2. The maximum absolute atomic E-state index is 14.0. The zero-order chi connectivity index (χ0) is 28.2. The number of nitro groups is 1. The molecule has 9 heteroatoms. The van der Waals surface area contributed by atoms with Crippen LogP contribution in [-0.2, 0) is 5.54 Å². The van der Waals surface area contributed by atoms with Gasteiger partial charge >= 0.3 is 0 Å². The van der Waals surface area contributed by atoms with Crippen molar-refractivity contribution in [3.8, 4) is 17.0 Å². The molecule has 1 aliphatic carbocycles. The summed E-state index contributed by atoms with van der Waals surface area (Å²) in [5.41, 5.74) is 4.29. The molecule has 42 heavy (non-hydrogen) atoms. The molecule has 1 spiro atoms. The fraction of sp³-hybridized carbons (Fsp3) is 0.212. The van der Waals surface area contributed by atoms with E-state index >= 15 is 0 Å². The number of nitrogens with zero attached hydrogens (tertiary/aromatic N) is 4. The van der Waals surface area contributed by atoms with Gasteiger partial charge in [-0.3, -0.25) is 15.0 Å². The van der Waals surface area contributed by atoms with E-state index in [4.69, 9.17) is 26.3 Å². The van der Waals surface area contributed by atoms with Gasteiger partial charge in [0.1, 0.15) is 11.3 Å². The average molecular weight is 591 g/mol. The summed E-state index contributed by atoms with van der Waals surface area (Å²) in [7, 11) is 0. The van der Waals surface area contributed by atoms with Crippen molar-refractivity contribution in [2.45, 2.75) is 29.1 Å². The fourth-order valence-corrected chi connectivity index (χ4v) is 9.68. The summed E-state index contributed by atoms with van der Waals surface area (Å²) in [6.45, 7) is 0. The van der Waals surface area contributed by atoms with Crippen molar-refractivity contribution in [2.75, 3.05) is 11.6 Å². The molecule has 3 aliphatic heterocycles. The van der Waals surface area contributed by atoms with Gasteiger partial charge in [0, 0.05) is 32.7 Å². The molecule has 2 fully saturated rings. The Morgan fingerprint density at radius 1 is 0.929 bits per heavy atom. The third-order valence-electron chi connectivity index (χ3n) is 9.66. The van der Waals surface area contributed by atoms with Crippen LogP contribution in [-0.4, -0.2) is 43.0 Å². The number of halogens is 1. The summed E-state index contributed by atoms with van der Waals surface area (Å²) in [6, 6.07) is 30.8. The quantitative estimate of drug-likeness (QED) is 0.165. The summed E-state index contributed by atoms with van der Waals surface area (Å²) in [6.07, 6.45) is -0.847. The molecule has 0 bridgehead atoms. The highest BCUT2D eigenvalue weighted by molar-refractivity contribution is 7.99. The van der Waals surface area contributed by atoms with Gasteiger partial charge in [0.15, 0.2) is 6.10 Å². The van der Waals surface area contributed by atoms with Crippen LogP contribution in [0.25, 0.3) is 22.3 Å². The van der Waals surface area contributed by atoms with Crippen LogP contribution in [0, 0.1) is 10.1 Å². The van der Waals surface area contributed by atoms with Gasteiger partial charge in [-0.05, 0) is 41.5 Å². The number of fused-ring (bicyclic) bond motifs is 13. The Labute approximate surface area is 250 Å². The lowest BCUT2D eigenvalue weighted by Crippen LogP contribution is -2.59. The lowest BCUT2D eigenvalue weighted by Gasteiger charge is -2.45. The highest BCUT2D eigenvalue weighted by atomic mass is 35.5. The van der Waals surface area contributed by atoms with Crippen molar-refractivity contribution in [2.24, 2.45) is 0 Å². The van der Waals surface area contributed by atoms with E-state index in [-0.39, 0.29) is 4.92 Å². The Morgan fingerprint density at radius 3 is 2.45 bits per heavy atom. The molecule has 0 N–H and O–H groups in total. The third-order valence-corrected chi connectivity index (χ3v) is 10.9. The second-order valence-electron chi connectivity index (χ2n) is 11.4. The van der Waals surface area contributed by atoms with Crippen LogP contribution >= 0.6 is 23.4 Å². The van der Waals surface area contributed by atoms with Crippen molar-refractivity contribution in [1.29, 1.82) is 0 Å².